The number of aliphatic hydroxyl groups excluding tert-OH is 1. The van der Waals surface area contributed by atoms with Crippen LogP contribution in [-0.4, -0.2) is 11.7 Å². The molecule has 0 heterocycles. The predicted octanol–water partition coefficient (Wildman–Crippen LogP) is 3.70. The Morgan fingerprint density at radius 2 is 2.27 bits per heavy atom. The van der Waals surface area contributed by atoms with E-state index in [4.69, 9.17) is 5.11 Å². The molecule has 0 spiro atoms. The maximum Gasteiger partial charge on any atom is 0.0641 e. The van der Waals surface area contributed by atoms with Gasteiger partial charge in [-0.1, -0.05) is 38.5 Å². The predicted molar refractivity (Wildman–Crippen MR) is 65.7 cm³/mol. The van der Waals surface area contributed by atoms with Crippen LogP contribution in [0.15, 0.2) is 23.3 Å². The Hall–Kier alpha value is -0.560. The minimum atomic E-state index is 0.218. The molecule has 0 saturated heterocycles. The number of hydrogen-bond acceptors (Lipinski definition) is 1. The van der Waals surface area contributed by atoms with Crippen molar-refractivity contribution in [3.8, 4) is 0 Å². The molecule has 1 aliphatic rings. The molecule has 86 valence electrons. The van der Waals surface area contributed by atoms with Gasteiger partial charge in [-0.3, -0.25) is 0 Å². The molecular formula is C14H24O. The molecule has 1 unspecified atom stereocenters. The molecule has 0 saturated carbocycles. The zero-order valence-corrected chi connectivity index (χ0v) is 10.5. The third-order valence-corrected chi connectivity index (χ3v) is 4.09. The molecule has 1 aliphatic carbocycles. The quantitative estimate of drug-likeness (QED) is 0.698. The van der Waals surface area contributed by atoms with E-state index in [1.54, 1.807) is 0 Å². The Balaban J connectivity index is 2.59. The van der Waals surface area contributed by atoms with Gasteiger partial charge in [-0.25, -0.2) is 0 Å². The van der Waals surface area contributed by atoms with Crippen molar-refractivity contribution in [1.29, 1.82) is 0 Å². The van der Waals surface area contributed by atoms with Gasteiger partial charge in [-0.2, -0.15) is 0 Å². The van der Waals surface area contributed by atoms with E-state index in [0.29, 0.717) is 11.3 Å². The summed E-state index contributed by atoms with van der Waals surface area (Å²) in [4.78, 5) is 0. The molecule has 0 aromatic heterocycles. The molecular weight excluding hydrogens is 184 g/mol. The zero-order valence-electron chi connectivity index (χ0n) is 10.5. The lowest BCUT2D eigenvalue weighted by atomic mass is 9.76. The summed E-state index contributed by atoms with van der Waals surface area (Å²) >= 11 is 0. The monoisotopic (exact) mass is 208 g/mol. The highest BCUT2D eigenvalue weighted by Gasteiger charge is 2.33. The molecule has 1 N–H and O–H groups in total. The molecule has 0 bridgehead atoms. The molecule has 0 radical (unpaired) electrons. The second kappa shape index (κ2) is 4.98. The molecule has 0 fully saturated rings. The standard InChI is InChI=1S/C14H24O/c1-5-12(10-15)7-9-13-8-6-11(2)14(13,3)4/h6-7,13,15H,5,8-10H2,1-4H3/b12-7-. The van der Waals surface area contributed by atoms with Crippen molar-refractivity contribution in [2.24, 2.45) is 11.3 Å². The van der Waals surface area contributed by atoms with Gasteiger partial charge in [0.25, 0.3) is 0 Å². The average Bonchev–Trinajstić information content (AvgIpc) is 2.45. The van der Waals surface area contributed by atoms with Gasteiger partial charge in [-0.05, 0) is 43.1 Å². The van der Waals surface area contributed by atoms with Gasteiger partial charge in [0.05, 0.1) is 6.61 Å². The summed E-state index contributed by atoms with van der Waals surface area (Å²) in [6.45, 7) is 9.21. The largest absolute Gasteiger partial charge is 0.392 e. The van der Waals surface area contributed by atoms with E-state index in [9.17, 15) is 0 Å². The molecule has 1 heteroatoms. The van der Waals surface area contributed by atoms with E-state index in [2.05, 4.69) is 39.8 Å². The lowest BCUT2D eigenvalue weighted by Gasteiger charge is -2.29. The summed E-state index contributed by atoms with van der Waals surface area (Å²) < 4.78 is 0. The van der Waals surface area contributed by atoms with E-state index >= 15 is 0 Å². The first-order valence-electron chi connectivity index (χ1n) is 5.98. The van der Waals surface area contributed by atoms with E-state index in [-0.39, 0.29) is 6.61 Å². The van der Waals surface area contributed by atoms with Crippen LogP contribution < -0.4 is 0 Å². The van der Waals surface area contributed by atoms with Crippen LogP contribution in [0, 0.1) is 11.3 Å². The number of rotatable bonds is 4. The average molecular weight is 208 g/mol. The summed E-state index contributed by atoms with van der Waals surface area (Å²) in [5, 5.41) is 9.10. The van der Waals surface area contributed by atoms with Gasteiger partial charge in [0.2, 0.25) is 0 Å². The van der Waals surface area contributed by atoms with E-state index in [1.165, 1.54) is 17.6 Å². The fourth-order valence-electron chi connectivity index (χ4n) is 2.22. The van der Waals surface area contributed by atoms with Crippen molar-refractivity contribution in [3.63, 3.8) is 0 Å². The van der Waals surface area contributed by atoms with E-state index < -0.39 is 0 Å². The summed E-state index contributed by atoms with van der Waals surface area (Å²) in [6.07, 6.45) is 7.86. The van der Waals surface area contributed by atoms with Gasteiger partial charge in [0, 0.05) is 0 Å². The molecule has 0 aromatic rings. The summed E-state index contributed by atoms with van der Waals surface area (Å²) in [5.41, 5.74) is 3.03. The molecule has 0 aromatic carbocycles. The first-order chi connectivity index (χ1) is 7.02. The van der Waals surface area contributed by atoms with Gasteiger partial charge < -0.3 is 5.11 Å². The van der Waals surface area contributed by atoms with Gasteiger partial charge in [0.1, 0.15) is 0 Å². The third-order valence-electron chi connectivity index (χ3n) is 4.09. The van der Waals surface area contributed by atoms with Crippen molar-refractivity contribution in [2.75, 3.05) is 6.61 Å². The van der Waals surface area contributed by atoms with E-state index in [0.717, 1.165) is 12.8 Å². The van der Waals surface area contributed by atoms with E-state index in [1.807, 2.05) is 0 Å². The Kier molecular flexibility index (Phi) is 4.15. The highest BCUT2D eigenvalue weighted by Crippen LogP contribution is 2.44. The van der Waals surface area contributed by atoms with Crippen LogP contribution >= 0.6 is 0 Å². The van der Waals surface area contributed by atoms with Gasteiger partial charge in [-0.15, -0.1) is 0 Å². The first-order valence-corrected chi connectivity index (χ1v) is 5.98. The maximum atomic E-state index is 9.10. The first kappa shape index (κ1) is 12.5. The normalized spacial score (nSPS) is 25.5. The van der Waals surface area contributed by atoms with Crippen LogP contribution in [0.3, 0.4) is 0 Å². The molecule has 15 heavy (non-hydrogen) atoms. The molecule has 0 amide bonds. The highest BCUT2D eigenvalue weighted by atomic mass is 16.3. The van der Waals surface area contributed by atoms with Crippen LogP contribution in [0.1, 0.15) is 47.0 Å². The van der Waals surface area contributed by atoms with Crippen LogP contribution in [-0.2, 0) is 0 Å². The number of hydrogen-bond donors (Lipinski definition) is 1. The molecule has 1 nitrogen and oxygen atoms in total. The topological polar surface area (TPSA) is 20.2 Å². The van der Waals surface area contributed by atoms with Crippen molar-refractivity contribution in [1.82, 2.24) is 0 Å². The SMILES string of the molecule is CC/C(=C/CC1CC=C(C)C1(C)C)CO. The lowest BCUT2D eigenvalue weighted by molar-refractivity contribution is 0.291. The minimum Gasteiger partial charge on any atom is -0.392 e. The number of aliphatic hydroxyl groups is 1. The fourth-order valence-corrected chi connectivity index (χ4v) is 2.22. The van der Waals surface area contributed by atoms with Crippen LogP contribution in [0.25, 0.3) is 0 Å². The van der Waals surface area contributed by atoms with Crippen molar-refractivity contribution in [2.45, 2.75) is 47.0 Å². The Bertz CT molecular complexity index is 265. The molecule has 0 aliphatic heterocycles. The number of allylic oxidation sites excluding steroid dienone is 3. The summed E-state index contributed by atoms with van der Waals surface area (Å²) in [5.74, 6) is 0.714. The van der Waals surface area contributed by atoms with Crippen molar-refractivity contribution in [3.05, 3.63) is 23.3 Å². The Morgan fingerprint density at radius 3 is 2.67 bits per heavy atom. The smallest absolute Gasteiger partial charge is 0.0641 e. The molecule has 1 atom stereocenters. The zero-order chi connectivity index (χ0) is 11.5. The Labute approximate surface area is 93.9 Å². The van der Waals surface area contributed by atoms with Crippen LogP contribution in [0.2, 0.25) is 0 Å². The maximum absolute atomic E-state index is 9.10. The highest BCUT2D eigenvalue weighted by molar-refractivity contribution is 5.19. The summed E-state index contributed by atoms with van der Waals surface area (Å²) in [6, 6.07) is 0. The summed E-state index contributed by atoms with van der Waals surface area (Å²) in [7, 11) is 0. The van der Waals surface area contributed by atoms with Crippen molar-refractivity contribution >= 4 is 0 Å². The minimum absolute atomic E-state index is 0.218. The third kappa shape index (κ3) is 2.72. The van der Waals surface area contributed by atoms with Gasteiger partial charge >= 0.3 is 0 Å². The second-order valence-corrected chi connectivity index (χ2v) is 5.15. The lowest BCUT2D eigenvalue weighted by Crippen LogP contribution is -2.19. The van der Waals surface area contributed by atoms with Gasteiger partial charge in [0.15, 0.2) is 0 Å². The Morgan fingerprint density at radius 1 is 1.60 bits per heavy atom. The van der Waals surface area contributed by atoms with Crippen molar-refractivity contribution < 1.29 is 5.11 Å². The molecule has 1 rings (SSSR count). The second-order valence-electron chi connectivity index (χ2n) is 5.15. The van der Waals surface area contributed by atoms with Crippen LogP contribution in [0.4, 0.5) is 0 Å². The fraction of sp³-hybridized carbons (Fsp3) is 0.714. The van der Waals surface area contributed by atoms with Crippen LogP contribution in [0.5, 0.6) is 0 Å².